The van der Waals surface area contributed by atoms with Gasteiger partial charge in [-0.15, -0.1) is 0 Å². The smallest absolute Gasteiger partial charge is 0.238 e. The van der Waals surface area contributed by atoms with Gasteiger partial charge in [0, 0.05) is 11.1 Å². The Hall–Kier alpha value is -3.23. The van der Waals surface area contributed by atoms with Crippen LogP contribution in [0.15, 0.2) is 53.4 Å². The van der Waals surface area contributed by atoms with Crippen LogP contribution in [0.4, 0.5) is 0 Å². The zero-order valence-corrected chi connectivity index (χ0v) is 17.6. The molecule has 0 fully saturated rings. The lowest BCUT2D eigenvalue weighted by molar-refractivity contribution is 0.174. The lowest BCUT2D eigenvalue weighted by Crippen LogP contribution is -2.13. The van der Waals surface area contributed by atoms with E-state index >= 15 is 0 Å². The first-order valence-corrected chi connectivity index (χ1v) is 10.7. The maximum absolute atomic E-state index is 12.2. The first-order chi connectivity index (χ1) is 14.3. The number of fused-ring (bicyclic) bond motifs is 1. The summed E-state index contributed by atoms with van der Waals surface area (Å²) in [6, 6.07) is 13.9. The summed E-state index contributed by atoms with van der Waals surface area (Å²) >= 11 is 0. The average Bonchev–Trinajstić information content (AvgIpc) is 3.20. The van der Waals surface area contributed by atoms with Crippen molar-refractivity contribution in [2.24, 2.45) is 5.14 Å². The number of hydrogen-bond acceptors (Lipinski definition) is 6. The lowest BCUT2D eigenvalue weighted by Gasteiger charge is -2.17. The molecule has 3 aromatic rings. The quantitative estimate of drug-likeness (QED) is 0.667. The van der Waals surface area contributed by atoms with Crippen LogP contribution in [0.3, 0.4) is 0 Å². The molecule has 0 aliphatic carbocycles. The molecule has 0 spiro atoms. The third-order valence-electron chi connectivity index (χ3n) is 5.06. The van der Waals surface area contributed by atoms with Gasteiger partial charge in [0.2, 0.25) is 16.8 Å². The molecule has 0 unspecified atom stereocenters. The summed E-state index contributed by atoms with van der Waals surface area (Å²) < 4.78 is 46.6. The van der Waals surface area contributed by atoms with E-state index in [2.05, 4.69) is 0 Å². The Morgan fingerprint density at radius 3 is 2.00 bits per heavy atom. The third-order valence-corrected chi connectivity index (χ3v) is 6.03. The van der Waals surface area contributed by atoms with Gasteiger partial charge in [0.15, 0.2) is 11.5 Å². The van der Waals surface area contributed by atoms with E-state index in [0.717, 1.165) is 16.7 Å². The second-order valence-electron chi connectivity index (χ2n) is 6.80. The summed E-state index contributed by atoms with van der Waals surface area (Å²) in [7, 11) is -0.777. The van der Waals surface area contributed by atoms with Crippen molar-refractivity contribution < 1.29 is 27.4 Å². The lowest BCUT2D eigenvalue weighted by atomic mass is 9.92. The fourth-order valence-corrected chi connectivity index (χ4v) is 4.34. The molecule has 4 rings (SSSR count). The highest BCUT2D eigenvalue weighted by Crippen LogP contribution is 2.46. The van der Waals surface area contributed by atoms with Gasteiger partial charge in [-0.05, 0) is 53.9 Å². The molecule has 0 radical (unpaired) electrons. The standard InChI is InChI=1S/C22H21NO6S/c1-13-18(26-2)8-14(9-19(13)27-3)16-10-20-21(29-12-28-20)11-17(16)15-6-4-5-7-22(15)30(23,24)25/h4-11H,12H2,1-3H3,(H2,23,24,25). The summed E-state index contributed by atoms with van der Waals surface area (Å²) in [6.07, 6.45) is 0. The minimum absolute atomic E-state index is 0.0242. The van der Waals surface area contributed by atoms with Crippen LogP contribution in [-0.4, -0.2) is 29.4 Å². The van der Waals surface area contributed by atoms with Crippen LogP contribution in [0.2, 0.25) is 0 Å². The van der Waals surface area contributed by atoms with Gasteiger partial charge in [0.25, 0.3) is 0 Å². The van der Waals surface area contributed by atoms with E-state index in [9.17, 15) is 8.42 Å². The van der Waals surface area contributed by atoms with Crippen molar-refractivity contribution >= 4 is 10.0 Å². The van der Waals surface area contributed by atoms with Gasteiger partial charge < -0.3 is 18.9 Å². The first kappa shape index (κ1) is 20.1. The predicted octanol–water partition coefficient (Wildman–Crippen LogP) is 3.72. The SMILES string of the molecule is COc1cc(-c2cc3c(cc2-c2ccccc2S(N)(=O)=O)OCO3)cc(OC)c1C. The maximum Gasteiger partial charge on any atom is 0.238 e. The van der Waals surface area contributed by atoms with Crippen LogP contribution in [0.1, 0.15) is 5.56 Å². The Kier molecular flexibility index (Phi) is 5.05. The highest BCUT2D eigenvalue weighted by Gasteiger charge is 2.24. The Morgan fingerprint density at radius 2 is 1.43 bits per heavy atom. The minimum Gasteiger partial charge on any atom is -0.496 e. The second-order valence-corrected chi connectivity index (χ2v) is 8.33. The summed E-state index contributed by atoms with van der Waals surface area (Å²) in [5, 5.41) is 5.48. The Labute approximate surface area is 175 Å². The molecule has 1 aliphatic heterocycles. The molecule has 2 N–H and O–H groups in total. The zero-order chi connectivity index (χ0) is 21.5. The van der Waals surface area contributed by atoms with Gasteiger partial charge in [-0.1, -0.05) is 18.2 Å². The van der Waals surface area contributed by atoms with E-state index in [1.54, 1.807) is 38.5 Å². The molecule has 0 aromatic heterocycles. The highest BCUT2D eigenvalue weighted by molar-refractivity contribution is 7.89. The van der Waals surface area contributed by atoms with E-state index in [4.69, 9.17) is 24.1 Å². The molecular formula is C22H21NO6S. The monoisotopic (exact) mass is 427 g/mol. The van der Waals surface area contributed by atoms with Crippen LogP contribution >= 0.6 is 0 Å². The van der Waals surface area contributed by atoms with Crippen LogP contribution in [0.25, 0.3) is 22.3 Å². The molecule has 1 aliphatic rings. The van der Waals surface area contributed by atoms with Crippen LogP contribution in [0, 0.1) is 6.92 Å². The first-order valence-electron chi connectivity index (χ1n) is 9.12. The second kappa shape index (κ2) is 7.55. The van der Waals surface area contributed by atoms with Gasteiger partial charge in [-0.25, -0.2) is 13.6 Å². The summed E-state index contributed by atoms with van der Waals surface area (Å²) in [5.74, 6) is 2.39. The topological polar surface area (TPSA) is 97.1 Å². The van der Waals surface area contributed by atoms with E-state index in [-0.39, 0.29) is 11.7 Å². The fraction of sp³-hybridized carbons (Fsp3) is 0.182. The number of methoxy groups -OCH3 is 2. The highest BCUT2D eigenvalue weighted by atomic mass is 32.2. The number of rotatable bonds is 5. The molecule has 8 heteroatoms. The van der Waals surface area contributed by atoms with Crippen molar-refractivity contribution in [3.05, 3.63) is 54.1 Å². The zero-order valence-electron chi connectivity index (χ0n) is 16.8. The minimum atomic E-state index is -3.95. The molecule has 30 heavy (non-hydrogen) atoms. The van der Waals surface area contributed by atoms with Gasteiger partial charge in [-0.3, -0.25) is 0 Å². The van der Waals surface area contributed by atoms with Gasteiger partial charge in [0.05, 0.1) is 19.1 Å². The van der Waals surface area contributed by atoms with Gasteiger partial charge in [-0.2, -0.15) is 0 Å². The molecule has 0 saturated heterocycles. The summed E-state index contributed by atoms with van der Waals surface area (Å²) in [6.45, 7) is 1.99. The van der Waals surface area contributed by atoms with Crippen LogP contribution in [-0.2, 0) is 10.0 Å². The van der Waals surface area contributed by atoms with E-state index < -0.39 is 10.0 Å². The van der Waals surface area contributed by atoms with Crippen molar-refractivity contribution in [1.82, 2.24) is 0 Å². The van der Waals surface area contributed by atoms with E-state index in [1.165, 1.54) is 6.07 Å². The van der Waals surface area contributed by atoms with E-state index in [1.807, 2.05) is 25.1 Å². The number of primary sulfonamides is 1. The number of hydrogen-bond donors (Lipinski definition) is 1. The van der Waals surface area contributed by atoms with Crippen molar-refractivity contribution in [2.75, 3.05) is 21.0 Å². The molecule has 1 heterocycles. The van der Waals surface area contributed by atoms with Crippen molar-refractivity contribution in [1.29, 1.82) is 0 Å². The Bertz CT molecular complexity index is 1210. The molecule has 3 aromatic carbocycles. The van der Waals surface area contributed by atoms with Gasteiger partial charge in [0.1, 0.15) is 11.5 Å². The summed E-state index contributed by atoms with van der Waals surface area (Å²) in [4.78, 5) is 0.0242. The molecule has 0 amide bonds. The maximum atomic E-state index is 12.2. The van der Waals surface area contributed by atoms with Crippen LogP contribution in [0.5, 0.6) is 23.0 Å². The Balaban J connectivity index is 2.05. The van der Waals surface area contributed by atoms with Crippen molar-refractivity contribution in [3.63, 3.8) is 0 Å². The molecule has 0 saturated carbocycles. The predicted molar refractivity (Wildman–Crippen MR) is 113 cm³/mol. The normalized spacial score (nSPS) is 12.7. The van der Waals surface area contributed by atoms with Crippen molar-refractivity contribution in [2.45, 2.75) is 11.8 Å². The van der Waals surface area contributed by atoms with E-state index in [0.29, 0.717) is 34.1 Å². The summed E-state index contributed by atoms with van der Waals surface area (Å²) in [5.41, 5.74) is 3.46. The third kappa shape index (κ3) is 3.44. The fourth-order valence-electron chi connectivity index (χ4n) is 3.58. The largest absolute Gasteiger partial charge is 0.496 e. The van der Waals surface area contributed by atoms with Crippen LogP contribution < -0.4 is 24.1 Å². The number of benzene rings is 3. The average molecular weight is 427 g/mol. The van der Waals surface area contributed by atoms with Gasteiger partial charge >= 0.3 is 0 Å². The molecule has 7 nitrogen and oxygen atoms in total. The molecule has 0 bridgehead atoms. The number of sulfonamides is 1. The number of nitrogens with two attached hydrogens (primary N) is 1. The molecular weight excluding hydrogens is 406 g/mol. The molecule has 156 valence electrons. The molecule has 0 atom stereocenters. The van der Waals surface area contributed by atoms with Crippen molar-refractivity contribution in [3.8, 4) is 45.3 Å². The Morgan fingerprint density at radius 1 is 0.867 bits per heavy atom. The number of ether oxygens (including phenoxy) is 4.